The Morgan fingerprint density at radius 2 is 2.64 bits per heavy atom. The lowest BCUT2D eigenvalue weighted by molar-refractivity contribution is 1.04. The van der Waals surface area contributed by atoms with E-state index >= 15 is 0 Å². The van der Waals surface area contributed by atoms with Crippen molar-refractivity contribution in [2.75, 3.05) is 0 Å². The van der Waals surface area contributed by atoms with Crippen molar-refractivity contribution in [3.8, 4) is 0 Å². The van der Waals surface area contributed by atoms with Crippen molar-refractivity contribution >= 4 is 34.9 Å². The van der Waals surface area contributed by atoms with Crippen molar-refractivity contribution in [1.29, 1.82) is 0 Å². The van der Waals surface area contributed by atoms with E-state index in [0.29, 0.717) is 0 Å². The van der Waals surface area contributed by atoms with Gasteiger partial charge in [-0.25, -0.2) is 0 Å². The van der Waals surface area contributed by atoms with Gasteiger partial charge in [-0.15, -0.1) is 11.3 Å². The van der Waals surface area contributed by atoms with Crippen molar-refractivity contribution in [3.63, 3.8) is 0 Å². The summed E-state index contributed by atoms with van der Waals surface area (Å²) in [7, 11) is 0. The molecule has 58 valence electrons. The predicted octanol–water partition coefficient (Wildman–Crippen LogP) is 0.915. The van der Waals surface area contributed by atoms with Gasteiger partial charge in [-0.3, -0.25) is 5.43 Å². The molecule has 0 bridgehead atoms. The number of nitrogens with one attached hydrogen (secondary N) is 1. The Labute approximate surface area is 73.9 Å². The van der Waals surface area contributed by atoms with Gasteiger partial charge < -0.3 is 5.73 Å². The van der Waals surface area contributed by atoms with E-state index in [1.54, 1.807) is 17.6 Å². The molecule has 0 radical (unpaired) electrons. The van der Waals surface area contributed by atoms with E-state index in [-0.39, 0.29) is 5.11 Å². The molecule has 5 heteroatoms. The summed E-state index contributed by atoms with van der Waals surface area (Å²) in [5.74, 6) is 0. The number of rotatable bonds is 2. The zero-order chi connectivity index (χ0) is 8.10. The summed E-state index contributed by atoms with van der Waals surface area (Å²) in [5.41, 5.74) is 7.61. The smallest absolute Gasteiger partial charge is 0.184 e. The molecule has 0 aliphatic heterocycles. The highest BCUT2D eigenvalue weighted by atomic mass is 32.1. The molecule has 0 aromatic carbocycles. The maximum absolute atomic E-state index is 5.14. The number of thiocarbonyl (C=S) groups is 1. The largest absolute Gasteiger partial charge is 0.375 e. The van der Waals surface area contributed by atoms with Crippen LogP contribution in [0.3, 0.4) is 0 Å². The average molecular weight is 185 g/mol. The second kappa shape index (κ2) is 4.05. The summed E-state index contributed by atoms with van der Waals surface area (Å²) in [6, 6.07) is 3.90. The highest BCUT2D eigenvalue weighted by Crippen LogP contribution is 2.03. The van der Waals surface area contributed by atoms with Gasteiger partial charge in [0.15, 0.2) is 5.11 Å². The standard InChI is InChI=1S/C6H7N3S2/c7-6(10)9-8-4-5-2-1-3-11-5/h1-4H,(H3,7,9,10). The molecular weight excluding hydrogens is 178 g/mol. The number of nitrogens with zero attached hydrogens (tertiary/aromatic N) is 1. The summed E-state index contributed by atoms with van der Waals surface area (Å²) < 4.78 is 0. The molecule has 3 nitrogen and oxygen atoms in total. The highest BCUT2D eigenvalue weighted by Gasteiger charge is 1.85. The molecule has 0 saturated carbocycles. The van der Waals surface area contributed by atoms with E-state index in [4.69, 9.17) is 5.73 Å². The van der Waals surface area contributed by atoms with Crippen LogP contribution >= 0.6 is 23.6 Å². The van der Waals surface area contributed by atoms with Crippen LogP contribution in [0.2, 0.25) is 0 Å². The number of nitrogens with two attached hydrogens (primary N) is 1. The van der Waals surface area contributed by atoms with Gasteiger partial charge in [0, 0.05) is 4.88 Å². The Kier molecular flexibility index (Phi) is 3.00. The van der Waals surface area contributed by atoms with Crippen LogP contribution in [0.25, 0.3) is 0 Å². The summed E-state index contributed by atoms with van der Waals surface area (Å²) in [4.78, 5) is 1.06. The zero-order valence-corrected chi connectivity index (χ0v) is 7.28. The lowest BCUT2D eigenvalue weighted by Crippen LogP contribution is -2.23. The number of hydrogen-bond donors (Lipinski definition) is 2. The third-order valence-electron chi connectivity index (χ3n) is 0.910. The first kappa shape index (κ1) is 8.16. The zero-order valence-electron chi connectivity index (χ0n) is 5.65. The van der Waals surface area contributed by atoms with E-state index in [1.165, 1.54) is 0 Å². The van der Waals surface area contributed by atoms with Crippen LogP contribution in [0, 0.1) is 0 Å². The molecule has 0 aliphatic rings. The van der Waals surface area contributed by atoms with Crippen LogP contribution in [0.5, 0.6) is 0 Å². The third kappa shape index (κ3) is 3.10. The summed E-state index contributed by atoms with van der Waals surface area (Å²) in [6.45, 7) is 0. The first-order valence-corrected chi connectivity index (χ1v) is 4.20. The number of thiophene rings is 1. The molecule has 0 amide bonds. The van der Waals surface area contributed by atoms with Crippen molar-refractivity contribution < 1.29 is 0 Å². The second-order valence-corrected chi connectivity index (χ2v) is 3.17. The average Bonchev–Trinajstić information content (AvgIpc) is 2.39. The minimum atomic E-state index is 0.179. The SMILES string of the molecule is NC(=S)NN=Cc1cccs1. The minimum absolute atomic E-state index is 0.179. The Hall–Kier alpha value is -0.940. The first-order valence-electron chi connectivity index (χ1n) is 2.91. The molecule has 0 atom stereocenters. The second-order valence-electron chi connectivity index (χ2n) is 1.75. The lowest BCUT2D eigenvalue weighted by atomic mass is 10.5. The maximum Gasteiger partial charge on any atom is 0.184 e. The molecule has 1 aromatic heterocycles. The molecule has 3 N–H and O–H groups in total. The molecule has 11 heavy (non-hydrogen) atoms. The van der Waals surface area contributed by atoms with E-state index in [1.807, 2.05) is 17.5 Å². The fourth-order valence-electron chi connectivity index (χ4n) is 0.524. The van der Waals surface area contributed by atoms with E-state index in [2.05, 4.69) is 22.7 Å². The molecule has 0 fully saturated rings. The Morgan fingerprint density at radius 1 is 1.82 bits per heavy atom. The normalized spacial score (nSPS) is 10.2. The third-order valence-corrected chi connectivity index (χ3v) is 1.81. The van der Waals surface area contributed by atoms with E-state index in [9.17, 15) is 0 Å². The van der Waals surface area contributed by atoms with Crippen molar-refractivity contribution in [3.05, 3.63) is 22.4 Å². The van der Waals surface area contributed by atoms with E-state index in [0.717, 1.165) is 4.88 Å². The number of hydrogen-bond acceptors (Lipinski definition) is 3. The van der Waals surface area contributed by atoms with Crippen molar-refractivity contribution in [2.24, 2.45) is 10.8 Å². The summed E-state index contributed by atoms with van der Waals surface area (Å²) in [6.07, 6.45) is 1.67. The van der Waals surface area contributed by atoms with Crippen LogP contribution in [0.15, 0.2) is 22.6 Å². The van der Waals surface area contributed by atoms with Gasteiger partial charge >= 0.3 is 0 Å². The topological polar surface area (TPSA) is 50.4 Å². The monoisotopic (exact) mass is 185 g/mol. The van der Waals surface area contributed by atoms with Gasteiger partial charge in [0.1, 0.15) is 0 Å². The number of hydrazone groups is 1. The minimum Gasteiger partial charge on any atom is -0.375 e. The fraction of sp³-hybridized carbons (Fsp3) is 0. The van der Waals surface area contributed by atoms with Crippen molar-refractivity contribution in [1.82, 2.24) is 5.43 Å². The van der Waals surface area contributed by atoms with Crippen LogP contribution in [-0.2, 0) is 0 Å². The fourth-order valence-corrected chi connectivity index (χ4v) is 1.16. The van der Waals surface area contributed by atoms with Crippen LogP contribution in [0.4, 0.5) is 0 Å². The van der Waals surface area contributed by atoms with Gasteiger partial charge in [0.05, 0.1) is 6.21 Å². The van der Waals surface area contributed by atoms with Gasteiger partial charge in [0.2, 0.25) is 0 Å². The van der Waals surface area contributed by atoms with Crippen LogP contribution < -0.4 is 11.2 Å². The Bertz CT molecular complexity index is 253. The molecule has 0 unspecified atom stereocenters. The van der Waals surface area contributed by atoms with Gasteiger partial charge in [-0.05, 0) is 23.7 Å². The predicted molar refractivity (Wildman–Crippen MR) is 51.8 cm³/mol. The molecule has 0 aliphatic carbocycles. The quantitative estimate of drug-likeness (QED) is 0.409. The first-order chi connectivity index (χ1) is 5.29. The van der Waals surface area contributed by atoms with Gasteiger partial charge in [-0.2, -0.15) is 5.10 Å². The van der Waals surface area contributed by atoms with Crippen LogP contribution in [0.1, 0.15) is 4.88 Å². The Balaban J connectivity index is 2.43. The van der Waals surface area contributed by atoms with Gasteiger partial charge in [0.25, 0.3) is 0 Å². The molecule has 0 saturated heterocycles. The van der Waals surface area contributed by atoms with E-state index < -0.39 is 0 Å². The summed E-state index contributed by atoms with van der Waals surface area (Å²) in [5, 5.41) is 5.94. The molecule has 0 spiro atoms. The highest BCUT2D eigenvalue weighted by molar-refractivity contribution is 7.80. The lowest BCUT2D eigenvalue weighted by Gasteiger charge is -1.91. The molecular formula is C6H7N3S2. The molecule has 1 heterocycles. The summed E-state index contributed by atoms with van der Waals surface area (Å²) >= 11 is 6.15. The Morgan fingerprint density at radius 3 is 3.18 bits per heavy atom. The van der Waals surface area contributed by atoms with Crippen molar-refractivity contribution in [2.45, 2.75) is 0 Å². The molecule has 1 aromatic rings. The maximum atomic E-state index is 5.14. The van der Waals surface area contributed by atoms with Crippen LogP contribution in [-0.4, -0.2) is 11.3 Å². The van der Waals surface area contributed by atoms with Gasteiger partial charge in [-0.1, -0.05) is 6.07 Å². The molecule has 1 rings (SSSR count).